The molecule has 0 aliphatic rings. The van der Waals surface area contributed by atoms with Crippen molar-refractivity contribution in [1.29, 1.82) is 0 Å². The topological polar surface area (TPSA) is 58.0 Å². The van der Waals surface area contributed by atoms with E-state index in [1.54, 1.807) is 18.2 Å². The zero-order chi connectivity index (χ0) is 15.5. The van der Waals surface area contributed by atoms with E-state index < -0.39 is 23.6 Å². The fraction of sp³-hybridized carbons (Fsp3) is 0.0769. The van der Waals surface area contributed by atoms with Crippen molar-refractivity contribution in [2.75, 3.05) is 0 Å². The van der Waals surface area contributed by atoms with Gasteiger partial charge in [0.25, 0.3) is 0 Å². The highest BCUT2D eigenvalue weighted by Gasteiger charge is 2.34. The van der Waals surface area contributed by atoms with Crippen LogP contribution in [0.3, 0.4) is 0 Å². The summed E-state index contributed by atoms with van der Waals surface area (Å²) >= 11 is 0. The quantitative estimate of drug-likeness (QED) is 0.327. The molecule has 0 atom stereocenters. The Labute approximate surface area is 116 Å². The number of benzene rings is 2. The van der Waals surface area contributed by atoms with E-state index in [4.69, 9.17) is 5.53 Å². The summed E-state index contributed by atoms with van der Waals surface area (Å²) in [4.78, 5) is 2.35. The molecule has 0 heterocycles. The Morgan fingerprint density at radius 2 is 1.71 bits per heavy atom. The van der Waals surface area contributed by atoms with E-state index >= 15 is 0 Å². The second-order valence-corrected chi connectivity index (χ2v) is 3.88. The summed E-state index contributed by atoms with van der Waals surface area (Å²) in [6.07, 6.45) is -5.10. The van der Waals surface area contributed by atoms with Gasteiger partial charge >= 0.3 is 6.36 Å². The highest BCUT2D eigenvalue weighted by atomic mass is 19.4. The molecule has 2 aromatic carbocycles. The Morgan fingerprint density at radius 3 is 2.29 bits per heavy atom. The smallest absolute Gasteiger partial charge is 0.402 e. The predicted octanol–water partition coefficient (Wildman–Crippen LogP) is 5.33. The summed E-state index contributed by atoms with van der Waals surface area (Å²) in [5.74, 6) is -2.40. The van der Waals surface area contributed by atoms with Crippen LogP contribution in [-0.4, -0.2) is 6.36 Å². The van der Waals surface area contributed by atoms with E-state index in [-0.39, 0.29) is 5.56 Å². The molecular formula is C13H7F4N3O. The van der Waals surface area contributed by atoms with E-state index in [0.717, 1.165) is 6.07 Å². The van der Waals surface area contributed by atoms with E-state index in [9.17, 15) is 17.6 Å². The third-order valence-corrected chi connectivity index (χ3v) is 2.53. The summed E-state index contributed by atoms with van der Waals surface area (Å²) in [7, 11) is 0. The molecular weight excluding hydrogens is 290 g/mol. The highest BCUT2D eigenvalue weighted by Crippen LogP contribution is 2.39. The number of hydrogen-bond acceptors (Lipinski definition) is 2. The number of ether oxygens (including phenoxy) is 1. The fourth-order valence-electron chi connectivity index (χ4n) is 1.73. The van der Waals surface area contributed by atoms with Crippen molar-refractivity contribution in [3.63, 3.8) is 0 Å². The molecule has 0 spiro atoms. The molecule has 0 saturated heterocycles. The first-order valence-electron chi connectivity index (χ1n) is 5.61. The monoisotopic (exact) mass is 297 g/mol. The third-order valence-electron chi connectivity index (χ3n) is 2.53. The number of azide groups is 1. The largest absolute Gasteiger partial charge is 0.573 e. The van der Waals surface area contributed by atoms with Gasteiger partial charge in [0, 0.05) is 10.5 Å². The Kier molecular flexibility index (Phi) is 4.00. The van der Waals surface area contributed by atoms with Crippen molar-refractivity contribution in [3.8, 4) is 16.9 Å². The normalized spacial score (nSPS) is 10.9. The average molecular weight is 297 g/mol. The molecule has 21 heavy (non-hydrogen) atoms. The number of rotatable bonds is 3. The lowest BCUT2D eigenvalue weighted by Gasteiger charge is -2.14. The molecule has 0 aromatic heterocycles. The SMILES string of the molecule is [N-]=[N+]=Nc1ccc(-c2ccccc2)c(F)c1OC(F)(F)F. The van der Waals surface area contributed by atoms with Gasteiger partial charge in [-0.25, -0.2) is 4.39 Å². The van der Waals surface area contributed by atoms with Gasteiger partial charge in [0.05, 0.1) is 5.69 Å². The van der Waals surface area contributed by atoms with E-state index in [2.05, 4.69) is 14.8 Å². The molecule has 108 valence electrons. The number of nitrogens with zero attached hydrogens (tertiary/aromatic N) is 3. The van der Waals surface area contributed by atoms with Crippen LogP contribution in [-0.2, 0) is 0 Å². The second kappa shape index (κ2) is 5.72. The Balaban J connectivity index is 2.61. The van der Waals surface area contributed by atoms with E-state index in [1.807, 2.05) is 0 Å². The zero-order valence-electron chi connectivity index (χ0n) is 10.3. The van der Waals surface area contributed by atoms with Gasteiger partial charge in [-0.15, -0.1) is 13.2 Å². The minimum absolute atomic E-state index is 0.0910. The molecule has 2 aromatic rings. The van der Waals surface area contributed by atoms with Gasteiger partial charge in [-0.1, -0.05) is 41.5 Å². The molecule has 0 fully saturated rings. The van der Waals surface area contributed by atoms with Crippen molar-refractivity contribution in [2.24, 2.45) is 5.11 Å². The van der Waals surface area contributed by atoms with Crippen LogP contribution in [0.2, 0.25) is 0 Å². The van der Waals surface area contributed by atoms with Crippen molar-refractivity contribution in [2.45, 2.75) is 6.36 Å². The molecule has 0 unspecified atom stereocenters. The molecule has 0 bridgehead atoms. The standard InChI is InChI=1S/C13H7F4N3O/c14-11-9(8-4-2-1-3-5-8)6-7-10(19-20-18)12(11)21-13(15,16)17/h1-7H. The van der Waals surface area contributed by atoms with Gasteiger partial charge in [-0.2, -0.15) is 0 Å². The lowest BCUT2D eigenvalue weighted by Crippen LogP contribution is -2.18. The summed E-state index contributed by atoms with van der Waals surface area (Å²) in [6, 6.07) is 10.2. The molecule has 0 saturated carbocycles. The van der Waals surface area contributed by atoms with Gasteiger partial charge in [0.1, 0.15) is 0 Å². The zero-order valence-corrected chi connectivity index (χ0v) is 10.3. The number of hydrogen-bond donors (Lipinski definition) is 0. The van der Waals surface area contributed by atoms with Crippen molar-refractivity contribution >= 4 is 5.69 Å². The van der Waals surface area contributed by atoms with Gasteiger partial charge in [0.15, 0.2) is 11.6 Å². The molecule has 0 radical (unpaired) electrons. The Morgan fingerprint density at radius 1 is 1.05 bits per heavy atom. The van der Waals surface area contributed by atoms with Crippen LogP contribution in [0.5, 0.6) is 5.75 Å². The van der Waals surface area contributed by atoms with Crippen LogP contribution in [0, 0.1) is 5.82 Å². The van der Waals surface area contributed by atoms with Crippen LogP contribution < -0.4 is 4.74 Å². The first-order valence-corrected chi connectivity index (χ1v) is 5.61. The first kappa shape index (κ1) is 14.7. The third kappa shape index (κ3) is 3.43. The molecule has 4 nitrogen and oxygen atoms in total. The first-order chi connectivity index (χ1) is 9.92. The second-order valence-electron chi connectivity index (χ2n) is 3.88. The Hall–Kier alpha value is -2.73. The van der Waals surface area contributed by atoms with Gasteiger partial charge < -0.3 is 4.74 Å². The van der Waals surface area contributed by atoms with Crippen LogP contribution in [0.15, 0.2) is 47.6 Å². The fourth-order valence-corrected chi connectivity index (χ4v) is 1.73. The van der Waals surface area contributed by atoms with E-state index in [0.29, 0.717) is 5.56 Å². The lowest BCUT2D eigenvalue weighted by molar-refractivity contribution is -0.275. The minimum atomic E-state index is -5.10. The maximum absolute atomic E-state index is 14.3. The van der Waals surface area contributed by atoms with Crippen LogP contribution >= 0.6 is 0 Å². The molecule has 0 amide bonds. The summed E-state index contributed by atoms with van der Waals surface area (Å²) < 4.78 is 55.0. The van der Waals surface area contributed by atoms with Crippen molar-refractivity contribution in [1.82, 2.24) is 0 Å². The summed E-state index contributed by atoms with van der Waals surface area (Å²) in [5, 5.41) is 3.00. The predicted molar refractivity (Wildman–Crippen MR) is 67.3 cm³/mol. The molecule has 0 aliphatic carbocycles. The van der Waals surface area contributed by atoms with Gasteiger partial charge in [-0.3, -0.25) is 0 Å². The maximum Gasteiger partial charge on any atom is 0.573 e. The number of halogens is 4. The highest BCUT2D eigenvalue weighted by molar-refractivity contribution is 5.70. The average Bonchev–Trinajstić information content (AvgIpc) is 2.43. The van der Waals surface area contributed by atoms with Gasteiger partial charge in [-0.05, 0) is 17.2 Å². The molecule has 2 rings (SSSR count). The molecule has 0 N–H and O–H groups in total. The summed E-state index contributed by atoms with van der Waals surface area (Å²) in [5.41, 5.74) is 8.02. The lowest BCUT2D eigenvalue weighted by atomic mass is 10.0. The molecule has 8 heteroatoms. The molecule has 0 aliphatic heterocycles. The van der Waals surface area contributed by atoms with Crippen molar-refractivity contribution in [3.05, 3.63) is 58.7 Å². The van der Waals surface area contributed by atoms with Gasteiger partial charge in [0.2, 0.25) is 0 Å². The van der Waals surface area contributed by atoms with E-state index in [1.165, 1.54) is 18.2 Å². The Bertz CT molecular complexity index is 695. The minimum Gasteiger partial charge on any atom is -0.402 e. The summed E-state index contributed by atoms with van der Waals surface area (Å²) in [6.45, 7) is 0. The number of alkyl halides is 3. The van der Waals surface area contributed by atoms with Crippen LogP contribution in [0.25, 0.3) is 21.6 Å². The van der Waals surface area contributed by atoms with Crippen molar-refractivity contribution < 1.29 is 22.3 Å². The van der Waals surface area contributed by atoms with Crippen LogP contribution in [0.1, 0.15) is 0 Å². The maximum atomic E-state index is 14.3. The van der Waals surface area contributed by atoms with Crippen LogP contribution in [0.4, 0.5) is 23.2 Å².